The van der Waals surface area contributed by atoms with Gasteiger partial charge in [-0.05, 0) is 65.2 Å². The van der Waals surface area contributed by atoms with E-state index in [0.717, 1.165) is 16.7 Å². The van der Waals surface area contributed by atoms with Crippen molar-refractivity contribution >= 4 is 42.3 Å². The number of phosphoric ester groups is 1. The van der Waals surface area contributed by atoms with E-state index in [4.69, 9.17) is 44.1 Å². The number of methoxy groups -OCH3 is 2. The molecule has 8 rings (SSSR count). The maximum atomic E-state index is 14.7. The third kappa shape index (κ3) is 9.48. The number of hydrogen-bond acceptors (Lipinski definition) is 13. The Morgan fingerprint density at radius 3 is 2.12 bits per heavy atom. The lowest BCUT2D eigenvalue weighted by Crippen LogP contribution is -2.38. The van der Waals surface area contributed by atoms with Crippen LogP contribution < -0.4 is 19.3 Å². The van der Waals surface area contributed by atoms with E-state index >= 15 is 0 Å². The molecule has 3 heterocycles. The molecular formula is C47H42ClN6O9P. The molecule has 0 radical (unpaired) electrons. The number of benzene rings is 5. The predicted octanol–water partition coefficient (Wildman–Crippen LogP) is 9.55. The van der Waals surface area contributed by atoms with Gasteiger partial charge in [0.25, 0.3) is 5.91 Å². The maximum absolute atomic E-state index is 14.7. The van der Waals surface area contributed by atoms with Gasteiger partial charge >= 0.3 is 7.82 Å². The van der Waals surface area contributed by atoms with Gasteiger partial charge in [0.15, 0.2) is 17.0 Å². The third-order valence-corrected chi connectivity index (χ3v) is 12.3. The molecular weight excluding hydrogens is 859 g/mol. The Bertz CT molecular complexity index is 2730. The fourth-order valence-corrected chi connectivity index (χ4v) is 9.08. The number of nitrogens with zero attached hydrogens (tertiary/aromatic N) is 5. The quantitative estimate of drug-likeness (QED) is 0.0490. The first kappa shape index (κ1) is 44.0. The number of amides is 1. The summed E-state index contributed by atoms with van der Waals surface area (Å²) < 4.78 is 59.6. The number of rotatable bonds is 18. The van der Waals surface area contributed by atoms with E-state index in [2.05, 4.69) is 20.3 Å². The molecule has 1 aliphatic heterocycles. The van der Waals surface area contributed by atoms with E-state index in [0.29, 0.717) is 28.2 Å². The molecule has 1 N–H and O–H groups in total. The van der Waals surface area contributed by atoms with Crippen LogP contribution >= 0.6 is 19.4 Å². The second kappa shape index (κ2) is 19.8. The van der Waals surface area contributed by atoms with Gasteiger partial charge in [0.2, 0.25) is 0 Å². The Morgan fingerprint density at radius 2 is 1.48 bits per heavy atom. The Kier molecular flexibility index (Phi) is 13.6. The monoisotopic (exact) mass is 900 g/mol. The number of anilines is 1. The highest BCUT2D eigenvalue weighted by Gasteiger charge is 2.47. The second-order valence-electron chi connectivity index (χ2n) is 14.4. The number of hydrogen-bond donors (Lipinski definition) is 1. The summed E-state index contributed by atoms with van der Waals surface area (Å²) in [6.07, 6.45) is -0.0108. The number of ether oxygens (including phenoxy) is 4. The number of halogens is 1. The Hall–Kier alpha value is -6.63. The molecule has 326 valence electrons. The molecule has 15 nitrogen and oxygen atoms in total. The largest absolute Gasteiger partial charge is 0.530 e. The zero-order valence-corrected chi connectivity index (χ0v) is 36.3. The van der Waals surface area contributed by atoms with Crippen molar-refractivity contribution in [3.05, 3.63) is 173 Å². The molecule has 4 atom stereocenters. The average molecular weight is 901 g/mol. The Balaban J connectivity index is 1.19. The standard InChI is InChI=1S/C47H42ClN6O9P/c1-57-36-22-18-34(19-23-36)47(33-14-7-4-8-15-33,35-20-24-37(58-2)25-21-35)59-29-41-40(63-64(56,60-27-11-26-49)62-39-17-10-9-16-38(39)48)28-42(61-41)54-31-52-43-44(50-30-51-45(43)54)53-46(55)32-12-5-3-6-13-32/h3-10,12-25,30-31,40-42H,11,27-29H2,1-2H3,(H,50,51,53,55)/t40-,41+,42+,64?/m0/s1. The molecule has 1 fully saturated rings. The zero-order valence-electron chi connectivity index (χ0n) is 34.7. The number of para-hydroxylation sites is 1. The summed E-state index contributed by atoms with van der Waals surface area (Å²) in [5.41, 5.74) is 2.17. The smallest absolute Gasteiger partial charge is 0.497 e. The first-order valence-corrected chi connectivity index (χ1v) is 22.0. The first-order chi connectivity index (χ1) is 31.2. The van der Waals surface area contributed by atoms with Crippen molar-refractivity contribution in [2.24, 2.45) is 0 Å². The summed E-state index contributed by atoms with van der Waals surface area (Å²) in [7, 11) is -1.34. The van der Waals surface area contributed by atoms with Gasteiger partial charge in [-0.15, -0.1) is 0 Å². The minimum absolute atomic E-state index is 0.0530. The normalized spacial score (nSPS) is 17.0. The topological polar surface area (TPSA) is 178 Å². The summed E-state index contributed by atoms with van der Waals surface area (Å²) >= 11 is 6.46. The van der Waals surface area contributed by atoms with Crippen LogP contribution in [0, 0.1) is 11.3 Å². The number of carbonyl (C=O) groups excluding carboxylic acids is 1. The summed E-state index contributed by atoms with van der Waals surface area (Å²) in [5.74, 6) is 1.18. The lowest BCUT2D eigenvalue weighted by atomic mass is 9.80. The van der Waals surface area contributed by atoms with E-state index in [1.807, 2.05) is 91.0 Å². The number of imidazole rings is 1. The molecule has 0 bridgehead atoms. The van der Waals surface area contributed by atoms with Gasteiger partial charge in [0, 0.05) is 12.0 Å². The highest BCUT2D eigenvalue weighted by molar-refractivity contribution is 7.49. The molecule has 2 aromatic heterocycles. The van der Waals surface area contributed by atoms with Gasteiger partial charge < -0.3 is 28.8 Å². The number of nitrogens with one attached hydrogen (secondary N) is 1. The predicted molar refractivity (Wildman–Crippen MR) is 237 cm³/mol. The van der Waals surface area contributed by atoms with Gasteiger partial charge in [-0.3, -0.25) is 18.4 Å². The SMILES string of the molecule is COc1ccc(C(OC[C@H]2O[C@@H](n3cnc4c(NC(=O)c5ccccc5)ncnc43)C[C@@H]2OP(=O)(OCCC#N)Oc2ccccc2Cl)(c2ccccc2)c2ccc(OC)cc2)cc1. The third-order valence-electron chi connectivity index (χ3n) is 10.5. The van der Waals surface area contributed by atoms with Crippen LogP contribution in [-0.2, 0) is 28.7 Å². The second-order valence-corrected chi connectivity index (χ2v) is 16.4. The minimum Gasteiger partial charge on any atom is -0.497 e. The van der Waals surface area contributed by atoms with Crippen molar-refractivity contribution in [3.63, 3.8) is 0 Å². The van der Waals surface area contributed by atoms with Crippen LogP contribution in [0.3, 0.4) is 0 Å². The number of carbonyl (C=O) groups is 1. The molecule has 0 spiro atoms. The molecule has 1 amide bonds. The van der Waals surface area contributed by atoms with Crippen LogP contribution in [0.1, 0.15) is 46.1 Å². The van der Waals surface area contributed by atoms with Crippen molar-refractivity contribution < 1.29 is 41.9 Å². The average Bonchev–Trinajstić information content (AvgIpc) is 3.95. The number of fused-ring (bicyclic) bond motifs is 1. The van der Waals surface area contributed by atoms with Crippen LogP contribution in [0.25, 0.3) is 11.2 Å². The fourth-order valence-electron chi connectivity index (χ4n) is 7.42. The lowest BCUT2D eigenvalue weighted by Gasteiger charge is -2.37. The van der Waals surface area contributed by atoms with E-state index in [-0.39, 0.29) is 48.6 Å². The van der Waals surface area contributed by atoms with E-state index in [1.54, 1.807) is 61.3 Å². The maximum Gasteiger partial charge on any atom is 0.530 e. The van der Waals surface area contributed by atoms with E-state index in [1.165, 1.54) is 18.7 Å². The summed E-state index contributed by atoms with van der Waals surface area (Å²) in [4.78, 5) is 26.6. The highest BCUT2D eigenvalue weighted by atomic mass is 35.5. The van der Waals surface area contributed by atoms with E-state index in [9.17, 15) is 14.6 Å². The molecule has 1 unspecified atom stereocenters. The van der Waals surface area contributed by atoms with Gasteiger partial charge in [-0.1, -0.05) is 96.5 Å². The Labute approximate surface area is 374 Å². The van der Waals surface area contributed by atoms with E-state index < -0.39 is 31.9 Å². The van der Waals surface area contributed by atoms with Gasteiger partial charge in [-0.25, -0.2) is 19.5 Å². The summed E-state index contributed by atoms with van der Waals surface area (Å²) in [5, 5.41) is 12.3. The van der Waals surface area contributed by atoms with Crippen molar-refractivity contribution in [2.45, 2.75) is 36.9 Å². The first-order valence-electron chi connectivity index (χ1n) is 20.2. The molecule has 17 heteroatoms. The summed E-state index contributed by atoms with van der Waals surface area (Å²) in [6.45, 7) is -0.401. The minimum atomic E-state index is -4.54. The van der Waals surface area contributed by atoms with Crippen molar-refractivity contribution in [3.8, 4) is 23.3 Å². The molecule has 1 saturated heterocycles. The molecule has 7 aromatic rings. The van der Waals surface area contributed by atoms with Gasteiger partial charge in [0.1, 0.15) is 47.6 Å². The molecule has 5 aromatic carbocycles. The van der Waals surface area contributed by atoms with Crippen molar-refractivity contribution in [1.82, 2.24) is 19.5 Å². The van der Waals surface area contributed by atoms with Gasteiger partial charge in [0.05, 0.1) is 51.3 Å². The number of nitriles is 1. The van der Waals surface area contributed by atoms with Crippen LogP contribution in [-0.4, -0.2) is 65.1 Å². The van der Waals surface area contributed by atoms with Crippen LogP contribution in [0.2, 0.25) is 5.02 Å². The highest BCUT2D eigenvalue weighted by Crippen LogP contribution is 2.54. The van der Waals surface area contributed by atoms with Crippen LogP contribution in [0.5, 0.6) is 17.2 Å². The summed E-state index contributed by atoms with van der Waals surface area (Å²) in [6, 6.07) is 42.1. The van der Waals surface area contributed by atoms with Crippen molar-refractivity contribution in [1.29, 1.82) is 5.26 Å². The molecule has 0 aliphatic carbocycles. The van der Waals surface area contributed by atoms with Gasteiger partial charge in [-0.2, -0.15) is 5.26 Å². The Morgan fingerprint density at radius 1 is 0.859 bits per heavy atom. The number of aromatic nitrogens is 4. The lowest BCUT2D eigenvalue weighted by molar-refractivity contribution is -0.0924. The zero-order chi connectivity index (χ0) is 44.5. The van der Waals surface area contributed by atoms with Crippen LogP contribution in [0.4, 0.5) is 5.82 Å². The molecule has 0 saturated carbocycles. The van der Waals surface area contributed by atoms with Crippen LogP contribution in [0.15, 0.2) is 146 Å². The molecule has 1 aliphatic rings. The number of phosphoric acid groups is 1. The molecule has 64 heavy (non-hydrogen) atoms. The van der Waals surface area contributed by atoms with Crippen molar-refractivity contribution in [2.75, 3.05) is 32.8 Å². The fraction of sp³-hybridized carbons (Fsp3) is 0.213.